The molecule has 0 N–H and O–H groups in total. The van der Waals surface area contributed by atoms with Crippen molar-refractivity contribution in [2.75, 3.05) is 19.0 Å². The zero-order chi connectivity index (χ0) is 11.0. The van der Waals surface area contributed by atoms with Gasteiger partial charge < -0.3 is 9.64 Å². The first-order valence-electron chi connectivity index (χ1n) is 4.80. The van der Waals surface area contributed by atoms with Gasteiger partial charge in [-0.15, -0.1) is 11.6 Å². The van der Waals surface area contributed by atoms with Gasteiger partial charge in [-0.25, -0.2) is 4.79 Å². The van der Waals surface area contributed by atoms with Crippen LogP contribution in [0.25, 0.3) is 0 Å². The first-order chi connectivity index (χ1) is 6.26. The first kappa shape index (κ1) is 11.6. The molecule has 0 unspecified atom stereocenters. The average molecular weight is 220 g/mol. The normalized spacial score (nSPS) is 20.2. The molecule has 4 heteroatoms. The summed E-state index contributed by atoms with van der Waals surface area (Å²) in [6.07, 6.45) is -0.236. The van der Waals surface area contributed by atoms with Crippen molar-refractivity contribution >= 4 is 17.7 Å². The Morgan fingerprint density at radius 2 is 2.00 bits per heavy atom. The predicted molar refractivity (Wildman–Crippen MR) is 56.6 cm³/mol. The highest BCUT2D eigenvalue weighted by atomic mass is 35.5. The molecule has 14 heavy (non-hydrogen) atoms. The van der Waals surface area contributed by atoms with Crippen LogP contribution in [0.5, 0.6) is 0 Å². The van der Waals surface area contributed by atoms with Crippen molar-refractivity contribution in [3.8, 4) is 0 Å². The van der Waals surface area contributed by atoms with Gasteiger partial charge in [0.05, 0.1) is 0 Å². The molecule has 0 atom stereocenters. The Morgan fingerprint density at radius 3 is 2.36 bits per heavy atom. The zero-order valence-electron chi connectivity index (χ0n) is 9.26. The van der Waals surface area contributed by atoms with E-state index < -0.39 is 5.60 Å². The molecule has 1 amide bonds. The highest BCUT2D eigenvalue weighted by Crippen LogP contribution is 2.31. The molecule has 82 valence electrons. The molecular weight excluding hydrogens is 202 g/mol. The van der Waals surface area contributed by atoms with Crippen molar-refractivity contribution in [2.45, 2.75) is 33.3 Å². The van der Waals surface area contributed by atoms with E-state index in [4.69, 9.17) is 16.3 Å². The molecule has 1 rings (SSSR count). The number of ether oxygens (including phenoxy) is 1. The van der Waals surface area contributed by atoms with Crippen molar-refractivity contribution in [3.05, 3.63) is 0 Å². The highest BCUT2D eigenvalue weighted by molar-refractivity contribution is 6.18. The molecule has 1 fully saturated rings. The molecule has 0 spiro atoms. The summed E-state index contributed by atoms with van der Waals surface area (Å²) < 4.78 is 5.22. The van der Waals surface area contributed by atoms with Crippen LogP contribution in [0.2, 0.25) is 0 Å². The number of amides is 1. The van der Waals surface area contributed by atoms with E-state index in [0.717, 1.165) is 0 Å². The summed E-state index contributed by atoms with van der Waals surface area (Å²) in [5.74, 6) is 0.590. The molecule has 3 nitrogen and oxygen atoms in total. The van der Waals surface area contributed by atoms with E-state index in [1.54, 1.807) is 4.90 Å². The maximum atomic E-state index is 11.5. The SMILES string of the molecule is CC1(CCl)CN(C(=O)OC(C)(C)C)C1. The number of likely N-dealkylation sites (tertiary alicyclic amines) is 1. The lowest BCUT2D eigenvalue weighted by atomic mass is 9.84. The van der Waals surface area contributed by atoms with E-state index in [2.05, 4.69) is 6.92 Å². The second-order valence-electron chi connectivity index (χ2n) is 5.28. The molecule has 0 aromatic heterocycles. The van der Waals surface area contributed by atoms with Crippen LogP contribution in [-0.2, 0) is 4.74 Å². The lowest BCUT2D eigenvalue weighted by Gasteiger charge is -2.46. The monoisotopic (exact) mass is 219 g/mol. The van der Waals surface area contributed by atoms with Gasteiger partial charge in [0.25, 0.3) is 0 Å². The number of hydrogen-bond acceptors (Lipinski definition) is 2. The second kappa shape index (κ2) is 3.61. The maximum Gasteiger partial charge on any atom is 0.410 e. The van der Waals surface area contributed by atoms with Gasteiger partial charge in [0.1, 0.15) is 5.60 Å². The van der Waals surface area contributed by atoms with Crippen molar-refractivity contribution in [1.29, 1.82) is 0 Å². The van der Waals surface area contributed by atoms with Gasteiger partial charge in [0.2, 0.25) is 0 Å². The number of hydrogen-bond donors (Lipinski definition) is 0. The molecule has 1 heterocycles. The van der Waals surface area contributed by atoms with E-state index >= 15 is 0 Å². The van der Waals surface area contributed by atoms with Crippen LogP contribution < -0.4 is 0 Å². The minimum absolute atomic E-state index is 0.0818. The van der Waals surface area contributed by atoms with Gasteiger partial charge in [-0.1, -0.05) is 6.92 Å². The van der Waals surface area contributed by atoms with Gasteiger partial charge >= 0.3 is 6.09 Å². The van der Waals surface area contributed by atoms with Crippen molar-refractivity contribution in [2.24, 2.45) is 5.41 Å². The molecule has 1 aliphatic heterocycles. The van der Waals surface area contributed by atoms with Crippen LogP contribution in [0.3, 0.4) is 0 Å². The second-order valence-corrected chi connectivity index (χ2v) is 5.55. The van der Waals surface area contributed by atoms with Crippen LogP contribution >= 0.6 is 11.6 Å². The summed E-state index contributed by atoms with van der Waals surface area (Å²) in [6, 6.07) is 0. The fourth-order valence-electron chi connectivity index (χ4n) is 1.42. The van der Waals surface area contributed by atoms with E-state index in [1.807, 2.05) is 20.8 Å². The summed E-state index contributed by atoms with van der Waals surface area (Å²) in [5, 5.41) is 0. The van der Waals surface area contributed by atoms with Gasteiger partial charge in [0, 0.05) is 24.4 Å². The maximum absolute atomic E-state index is 11.5. The Morgan fingerprint density at radius 1 is 1.50 bits per heavy atom. The molecule has 1 aliphatic rings. The van der Waals surface area contributed by atoms with E-state index in [-0.39, 0.29) is 11.5 Å². The Kier molecular flexibility index (Phi) is 3.00. The van der Waals surface area contributed by atoms with Crippen molar-refractivity contribution in [1.82, 2.24) is 4.90 Å². The smallest absolute Gasteiger partial charge is 0.410 e. The molecule has 0 radical (unpaired) electrons. The minimum atomic E-state index is -0.413. The van der Waals surface area contributed by atoms with Gasteiger partial charge in [-0.3, -0.25) is 0 Å². The molecular formula is C10H18ClNO2. The lowest BCUT2D eigenvalue weighted by Crippen LogP contribution is -2.58. The fourth-order valence-corrected chi connectivity index (χ4v) is 1.58. The number of rotatable bonds is 1. The van der Waals surface area contributed by atoms with Crippen LogP contribution in [0.4, 0.5) is 4.79 Å². The molecule has 0 aromatic carbocycles. The van der Waals surface area contributed by atoms with Gasteiger partial charge in [-0.2, -0.15) is 0 Å². The van der Waals surface area contributed by atoms with Crippen LogP contribution in [-0.4, -0.2) is 35.6 Å². The third-order valence-corrected chi connectivity index (χ3v) is 2.76. The highest BCUT2D eigenvalue weighted by Gasteiger charge is 2.42. The molecule has 0 aromatic rings. The summed E-state index contributed by atoms with van der Waals surface area (Å²) in [6.45, 7) is 9.07. The quantitative estimate of drug-likeness (QED) is 0.635. The van der Waals surface area contributed by atoms with Gasteiger partial charge in [-0.05, 0) is 20.8 Å². The largest absolute Gasteiger partial charge is 0.444 e. The Balaban J connectivity index is 2.37. The molecule has 0 saturated carbocycles. The van der Waals surface area contributed by atoms with E-state index in [1.165, 1.54) is 0 Å². The third-order valence-electron chi connectivity index (χ3n) is 2.12. The van der Waals surface area contributed by atoms with E-state index in [9.17, 15) is 4.79 Å². The number of nitrogens with zero attached hydrogens (tertiary/aromatic N) is 1. The fraction of sp³-hybridized carbons (Fsp3) is 0.900. The summed E-state index contributed by atoms with van der Waals surface area (Å²) in [7, 11) is 0. The predicted octanol–water partition coefficient (Wildman–Crippen LogP) is 2.48. The first-order valence-corrected chi connectivity index (χ1v) is 5.33. The van der Waals surface area contributed by atoms with Crippen LogP contribution in [0.15, 0.2) is 0 Å². The van der Waals surface area contributed by atoms with Crippen molar-refractivity contribution in [3.63, 3.8) is 0 Å². The summed E-state index contributed by atoms with van der Waals surface area (Å²) in [4.78, 5) is 13.2. The summed E-state index contributed by atoms with van der Waals surface area (Å²) >= 11 is 5.77. The topological polar surface area (TPSA) is 29.5 Å². The zero-order valence-corrected chi connectivity index (χ0v) is 10.0. The molecule has 0 aliphatic carbocycles. The Hall–Kier alpha value is -0.440. The number of alkyl halides is 1. The Bertz CT molecular complexity index is 229. The third kappa shape index (κ3) is 2.77. The van der Waals surface area contributed by atoms with E-state index in [0.29, 0.717) is 19.0 Å². The minimum Gasteiger partial charge on any atom is -0.444 e. The van der Waals surface area contributed by atoms with Crippen LogP contribution in [0.1, 0.15) is 27.7 Å². The average Bonchev–Trinajstić information content (AvgIpc) is 1.95. The Labute approximate surface area is 90.4 Å². The summed E-state index contributed by atoms with van der Waals surface area (Å²) in [5.41, 5.74) is -0.331. The lowest BCUT2D eigenvalue weighted by molar-refractivity contribution is -0.0207. The number of carbonyl (C=O) groups excluding carboxylic acids is 1. The van der Waals surface area contributed by atoms with Crippen molar-refractivity contribution < 1.29 is 9.53 Å². The number of carbonyl (C=O) groups is 1. The van der Waals surface area contributed by atoms with Gasteiger partial charge in [0.15, 0.2) is 0 Å². The van der Waals surface area contributed by atoms with Crippen LogP contribution in [0, 0.1) is 5.41 Å². The standard InChI is InChI=1S/C10H18ClNO2/c1-9(2,3)14-8(13)12-6-10(4,5-11)7-12/h5-7H2,1-4H3. The molecule has 1 saturated heterocycles. The number of halogens is 1. The molecule has 0 bridgehead atoms.